The first-order valence-electron chi connectivity index (χ1n) is 6.82. The van der Waals surface area contributed by atoms with E-state index in [0.717, 1.165) is 11.8 Å². The standard InChI is InChI=1S/C17H22O4/c1-5-9-17(12-18,10-8-13(2)19)14-6-7-15(20-3)16(11-14)21-4/h5-7,11-12H,1,8-10H2,2-4H3/t17-/m0/s1. The van der Waals surface area contributed by atoms with Gasteiger partial charge in [0.25, 0.3) is 0 Å². The Morgan fingerprint density at radius 2 is 1.95 bits per heavy atom. The molecule has 0 aromatic heterocycles. The molecule has 0 aliphatic rings. The van der Waals surface area contributed by atoms with E-state index in [-0.39, 0.29) is 5.78 Å². The smallest absolute Gasteiger partial charge is 0.161 e. The number of aldehydes is 1. The van der Waals surface area contributed by atoms with Crippen LogP contribution in [-0.4, -0.2) is 26.3 Å². The molecule has 0 amide bonds. The van der Waals surface area contributed by atoms with Crippen LogP contribution in [0.2, 0.25) is 0 Å². The Kier molecular flexibility index (Phi) is 6.15. The number of benzene rings is 1. The van der Waals surface area contributed by atoms with Crippen molar-refractivity contribution in [3.63, 3.8) is 0 Å². The van der Waals surface area contributed by atoms with Gasteiger partial charge in [-0.2, -0.15) is 0 Å². The van der Waals surface area contributed by atoms with Gasteiger partial charge in [0, 0.05) is 6.42 Å². The van der Waals surface area contributed by atoms with Crippen molar-refractivity contribution < 1.29 is 19.1 Å². The average Bonchev–Trinajstić information content (AvgIpc) is 2.50. The molecule has 4 heteroatoms. The average molecular weight is 290 g/mol. The van der Waals surface area contributed by atoms with Crippen molar-refractivity contribution in [3.8, 4) is 11.5 Å². The molecule has 0 saturated heterocycles. The van der Waals surface area contributed by atoms with E-state index in [0.29, 0.717) is 30.8 Å². The van der Waals surface area contributed by atoms with Gasteiger partial charge in [0.2, 0.25) is 0 Å². The molecule has 0 saturated carbocycles. The van der Waals surface area contributed by atoms with Crippen molar-refractivity contribution in [2.75, 3.05) is 14.2 Å². The fourth-order valence-electron chi connectivity index (χ4n) is 2.34. The van der Waals surface area contributed by atoms with Crippen molar-refractivity contribution in [1.82, 2.24) is 0 Å². The number of carbonyl (C=O) groups excluding carboxylic acids is 2. The third kappa shape index (κ3) is 3.94. The van der Waals surface area contributed by atoms with E-state index in [9.17, 15) is 9.59 Å². The lowest BCUT2D eigenvalue weighted by molar-refractivity contribution is -0.118. The molecular weight excluding hydrogens is 268 g/mol. The van der Waals surface area contributed by atoms with Crippen molar-refractivity contribution in [1.29, 1.82) is 0 Å². The maximum atomic E-state index is 11.8. The van der Waals surface area contributed by atoms with Gasteiger partial charge in [0.15, 0.2) is 11.5 Å². The van der Waals surface area contributed by atoms with Crippen LogP contribution >= 0.6 is 0 Å². The Bertz CT molecular complexity index is 522. The van der Waals surface area contributed by atoms with Gasteiger partial charge in [-0.25, -0.2) is 0 Å². The number of methoxy groups -OCH3 is 2. The maximum Gasteiger partial charge on any atom is 0.161 e. The summed E-state index contributed by atoms with van der Waals surface area (Å²) in [5.41, 5.74) is 0.0452. The highest BCUT2D eigenvalue weighted by Gasteiger charge is 2.31. The highest BCUT2D eigenvalue weighted by atomic mass is 16.5. The van der Waals surface area contributed by atoms with E-state index in [1.54, 1.807) is 32.4 Å². The van der Waals surface area contributed by atoms with Gasteiger partial charge in [-0.05, 0) is 37.5 Å². The molecule has 0 bridgehead atoms. The highest BCUT2D eigenvalue weighted by molar-refractivity contribution is 5.77. The maximum absolute atomic E-state index is 11.8. The molecule has 0 radical (unpaired) electrons. The molecule has 0 unspecified atom stereocenters. The fraction of sp³-hybridized carbons (Fsp3) is 0.412. The van der Waals surface area contributed by atoms with Gasteiger partial charge in [0.05, 0.1) is 19.6 Å². The summed E-state index contributed by atoms with van der Waals surface area (Å²) in [6.07, 6.45) is 3.87. The number of Topliss-reactive ketones (excluding diaryl/α,β-unsaturated/α-hetero) is 1. The van der Waals surface area contributed by atoms with Crippen LogP contribution in [-0.2, 0) is 15.0 Å². The van der Waals surface area contributed by atoms with E-state index in [4.69, 9.17) is 9.47 Å². The molecule has 0 aliphatic carbocycles. The van der Waals surface area contributed by atoms with E-state index >= 15 is 0 Å². The van der Waals surface area contributed by atoms with Crippen LogP contribution in [0.3, 0.4) is 0 Å². The first-order chi connectivity index (χ1) is 10.0. The van der Waals surface area contributed by atoms with Crippen LogP contribution in [0.15, 0.2) is 30.9 Å². The summed E-state index contributed by atoms with van der Waals surface area (Å²) in [6.45, 7) is 5.25. The van der Waals surface area contributed by atoms with Gasteiger partial charge >= 0.3 is 0 Å². The minimum atomic E-state index is -0.757. The van der Waals surface area contributed by atoms with Crippen LogP contribution < -0.4 is 9.47 Å². The Balaban J connectivity index is 3.27. The first-order valence-corrected chi connectivity index (χ1v) is 6.82. The molecule has 114 valence electrons. The number of ketones is 1. The highest BCUT2D eigenvalue weighted by Crippen LogP contribution is 2.37. The number of hydrogen-bond donors (Lipinski definition) is 0. The third-order valence-electron chi connectivity index (χ3n) is 3.62. The van der Waals surface area contributed by atoms with Crippen molar-refractivity contribution in [3.05, 3.63) is 36.4 Å². The van der Waals surface area contributed by atoms with Crippen LogP contribution in [0.1, 0.15) is 31.7 Å². The Morgan fingerprint density at radius 1 is 1.29 bits per heavy atom. The molecule has 0 heterocycles. The lowest BCUT2D eigenvalue weighted by Crippen LogP contribution is -2.28. The zero-order valence-corrected chi connectivity index (χ0v) is 12.8. The summed E-state index contributed by atoms with van der Waals surface area (Å²) in [6, 6.07) is 5.39. The van der Waals surface area contributed by atoms with Gasteiger partial charge in [-0.1, -0.05) is 12.1 Å². The van der Waals surface area contributed by atoms with Crippen LogP contribution in [0, 0.1) is 0 Å². The van der Waals surface area contributed by atoms with E-state index < -0.39 is 5.41 Å². The van der Waals surface area contributed by atoms with Gasteiger partial charge in [-0.15, -0.1) is 6.58 Å². The zero-order chi connectivity index (χ0) is 15.9. The minimum Gasteiger partial charge on any atom is -0.493 e. The second-order valence-electron chi connectivity index (χ2n) is 5.04. The van der Waals surface area contributed by atoms with E-state index in [1.807, 2.05) is 6.07 Å². The molecular formula is C17H22O4. The van der Waals surface area contributed by atoms with E-state index in [1.165, 1.54) is 6.92 Å². The summed E-state index contributed by atoms with van der Waals surface area (Å²) in [7, 11) is 3.11. The lowest BCUT2D eigenvalue weighted by atomic mass is 9.75. The second-order valence-corrected chi connectivity index (χ2v) is 5.04. The molecule has 1 rings (SSSR count). The summed E-state index contributed by atoms with van der Waals surface area (Å²) < 4.78 is 10.5. The monoisotopic (exact) mass is 290 g/mol. The number of ether oxygens (including phenoxy) is 2. The van der Waals surface area contributed by atoms with Crippen LogP contribution in [0.4, 0.5) is 0 Å². The summed E-state index contributed by atoms with van der Waals surface area (Å²) >= 11 is 0. The Morgan fingerprint density at radius 3 is 2.43 bits per heavy atom. The van der Waals surface area contributed by atoms with Crippen molar-refractivity contribution in [2.45, 2.75) is 31.6 Å². The third-order valence-corrected chi connectivity index (χ3v) is 3.62. The second kappa shape index (κ2) is 7.62. The summed E-state index contributed by atoms with van der Waals surface area (Å²) in [5.74, 6) is 1.23. The van der Waals surface area contributed by atoms with Gasteiger partial charge in [-0.3, -0.25) is 0 Å². The Labute approximate surface area is 125 Å². The molecule has 0 N–H and O–H groups in total. The van der Waals surface area contributed by atoms with Crippen LogP contribution in [0.25, 0.3) is 0 Å². The molecule has 1 atom stereocenters. The summed E-state index contributed by atoms with van der Waals surface area (Å²) in [4.78, 5) is 23.0. The van der Waals surface area contributed by atoms with E-state index in [2.05, 4.69) is 6.58 Å². The SMILES string of the molecule is C=CC[C@@](C=O)(CCC(C)=O)c1ccc(OC)c(OC)c1. The van der Waals surface area contributed by atoms with Crippen molar-refractivity contribution >= 4 is 12.1 Å². The van der Waals surface area contributed by atoms with Gasteiger partial charge < -0.3 is 19.1 Å². The number of rotatable bonds is 9. The van der Waals surface area contributed by atoms with Crippen molar-refractivity contribution in [2.24, 2.45) is 0 Å². The summed E-state index contributed by atoms with van der Waals surface area (Å²) in [5, 5.41) is 0. The predicted octanol–water partition coefficient (Wildman–Crippen LogP) is 3.09. The quantitative estimate of drug-likeness (QED) is 0.518. The lowest BCUT2D eigenvalue weighted by Gasteiger charge is -2.28. The largest absolute Gasteiger partial charge is 0.493 e. The molecule has 0 aliphatic heterocycles. The number of hydrogen-bond acceptors (Lipinski definition) is 4. The number of allylic oxidation sites excluding steroid dienone is 1. The van der Waals surface area contributed by atoms with Gasteiger partial charge in [0.1, 0.15) is 12.1 Å². The normalized spacial score (nSPS) is 13.1. The topological polar surface area (TPSA) is 52.6 Å². The molecule has 0 spiro atoms. The molecule has 1 aromatic carbocycles. The van der Waals surface area contributed by atoms with Crippen LogP contribution in [0.5, 0.6) is 11.5 Å². The minimum absolute atomic E-state index is 0.0609. The molecule has 1 aromatic rings. The fourth-order valence-corrected chi connectivity index (χ4v) is 2.34. The number of carbonyl (C=O) groups is 2. The molecule has 4 nitrogen and oxygen atoms in total. The predicted molar refractivity (Wildman–Crippen MR) is 82.0 cm³/mol. The Hall–Kier alpha value is -2.10. The zero-order valence-electron chi connectivity index (χ0n) is 12.8. The molecule has 21 heavy (non-hydrogen) atoms. The first kappa shape index (κ1) is 17.0. The molecule has 0 fully saturated rings.